The van der Waals surface area contributed by atoms with Crippen molar-refractivity contribution >= 4 is 5.91 Å². The van der Waals surface area contributed by atoms with E-state index in [9.17, 15) is 13.6 Å². The third-order valence-corrected chi connectivity index (χ3v) is 4.55. The van der Waals surface area contributed by atoms with E-state index in [2.05, 4.69) is 25.4 Å². The maximum atomic E-state index is 13.2. The van der Waals surface area contributed by atoms with Crippen LogP contribution in [0.1, 0.15) is 17.1 Å². The Morgan fingerprint density at radius 1 is 0.968 bits per heavy atom. The second-order valence-corrected chi connectivity index (χ2v) is 6.81. The summed E-state index contributed by atoms with van der Waals surface area (Å²) in [7, 11) is 0. The summed E-state index contributed by atoms with van der Waals surface area (Å²) in [5, 5.41) is 7.28. The molecule has 0 spiro atoms. The van der Waals surface area contributed by atoms with E-state index < -0.39 is 5.82 Å². The minimum Gasteiger partial charge on any atom is -0.347 e. The number of hydrogen-bond donors (Lipinski definition) is 1. The van der Waals surface area contributed by atoms with Gasteiger partial charge in [-0.3, -0.25) is 14.5 Å². The van der Waals surface area contributed by atoms with Crippen LogP contribution in [0.5, 0.6) is 0 Å². The van der Waals surface area contributed by atoms with Gasteiger partial charge in [0, 0.05) is 30.1 Å². The number of rotatable bonds is 7. The molecule has 156 valence electrons. The van der Waals surface area contributed by atoms with E-state index in [0.717, 1.165) is 29.2 Å². The lowest BCUT2D eigenvalue weighted by Crippen LogP contribution is -2.29. The average Bonchev–Trinajstić information content (AvgIpc) is 3.17. The van der Waals surface area contributed by atoms with Gasteiger partial charge in [-0.05, 0) is 35.9 Å². The number of nitrogens with one attached hydrogen (secondary N) is 1. The second-order valence-electron chi connectivity index (χ2n) is 6.81. The molecule has 3 heterocycles. The first-order valence-corrected chi connectivity index (χ1v) is 9.51. The molecular formula is C22H18F2N6O. The van der Waals surface area contributed by atoms with Gasteiger partial charge >= 0.3 is 0 Å². The van der Waals surface area contributed by atoms with Gasteiger partial charge < -0.3 is 5.32 Å². The summed E-state index contributed by atoms with van der Waals surface area (Å²) in [5.74, 6) is -0.838. The van der Waals surface area contributed by atoms with Crippen molar-refractivity contribution in [1.82, 2.24) is 30.0 Å². The number of pyridine rings is 1. The number of aromatic nitrogens is 5. The number of nitrogens with zero attached hydrogens (tertiary/aromatic N) is 5. The summed E-state index contributed by atoms with van der Waals surface area (Å²) < 4.78 is 27.8. The van der Waals surface area contributed by atoms with Gasteiger partial charge in [-0.25, -0.2) is 18.7 Å². The largest absolute Gasteiger partial charge is 0.347 e. The Kier molecular flexibility index (Phi) is 6.02. The highest BCUT2D eigenvalue weighted by atomic mass is 19.1. The maximum Gasteiger partial charge on any atom is 0.242 e. The highest BCUT2D eigenvalue weighted by Gasteiger charge is 2.14. The Bertz CT molecular complexity index is 1160. The predicted molar refractivity (Wildman–Crippen MR) is 109 cm³/mol. The monoisotopic (exact) mass is 420 g/mol. The zero-order chi connectivity index (χ0) is 21.6. The highest BCUT2D eigenvalue weighted by Crippen LogP contribution is 2.20. The van der Waals surface area contributed by atoms with Crippen molar-refractivity contribution in [3.8, 4) is 11.3 Å². The normalized spacial score (nSPS) is 10.8. The van der Waals surface area contributed by atoms with E-state index in [0.29, 0.717) is 17.9 Å². The minimum absolute atomic E-state index is 0.0250. The number of hydrogen-bond acceptors (Lipinski definition) is 5. The van der Waals surface area contributed by atoms with E-state index in [4.69, 9.17) is 0 Å². The van der Waals surface area contributed by atoms with Crippen molar-refractivity contribution in [3.63, 3.8) is 0 Å². The van der Waals surface area contributed by atoms with Crippen LogP contribution in [-0.4, -0.2) is 30.6 Å². The molecule has 0 aliphatic rings. The smallest absolute Gasteiger partial charge is 0.242 e. The van der Waals surface area contributed by atoms with E-state index in [-0.39, 0.29) is 24.8 Å². The molecule has 1 N–H and O–H groups in total. The fraction of sp³-hybridized carbons (Fsp3) is 0.136. The van der Waals surface area contributed by atoms with E-state index >= 15 is 0 Å². The molecule has 9 heteroatoms. The first kappa shape index (κ1) is 20.3. The number of amides is 1. The second kappa shape index (κ2) is 9.21. The molecule has 31 heavy (non-hydrogen) atoms. The fourth-order valence-corrected chi connectivity index (χ4v) is 3.01. The Morgan fingerprint density at radius 3 is 2.39 bits per heavy atom. The van der Waals surface area contributed by atoms with E-state index in [1.807, 2.05) is 18.2 Å². The molecule has 1 amide bonds. The van der Waals surface area contributed by atoms with Gasteiger partial charge in [0.1, 0.15) is 18.2 Å². The lowest BCUT2D eigenvalue weighted by atomic mass is 10.1. The summed E-state index contributed by atoms with van der Waals surface area (Å²) in [6, 6.07) is 11.8. The Hall–Kier alpha value is -4.01. The zero-order valence-electron chi connectivity index (χ0n) is 16.4. The van der Waals surface area contributed by atoms with Gasteiger partial charge in [-0.15, -0.1) is 0 Å². The molecule has 0 unspecified atom stereocenters. The van der Waals surface area contributed by atoms with Gasteiger partial charge in [0.15, 0.2) is 5.82 Å². The SMILES string of the molecule is O=C(Cn1nc(-c2ccncc2)cc1Cc1ccc(F)cc1)NCc1ncc(F)cn1. The van der Waals surface area contributed by atoms with Crippen LogP contribution in [0.3, 0.4) is 0 Å². The zero-order valence-corrected chi connectivity index (χ0v) is 16.4. The standard InChI is InChI=1S/C22H18F2N6O/c23-17-3-1-15(2-4-17)9-19-10-20(16-5-7-25-8-6-16)29-30(19)14-22(31)28-13-21-26-11-18(24)12-27-21/h1-8,10-12H,9,13-14H2,(H,28,31). The van der Waals surface area contributed by atoms with Crippen molar-refractivity contribution in [2.45, 2.75) is 19.5 Å². The molecule has 0 atom stereocenters. The van der Waals surface area contributed by atoms with Crippen LogP contribution in [0.2, 0.25) is 0 Å². The molecule has 7 nitrogen and oxygen atoms in total. The molecule has 0 bridgehead atoms. The molecular weight excluding hydrogens is 402 g/mol. The third-order valence-electron chi connectivity index (χ3n) is 4.55. The summed E-state index contributed by atoms with van der Waals surface area (Å²) >= 11 is 0. The van der Waals surface area contributed by atoms with Crippen molar-refractivity contribution in [3.05, 3.63) is 96.0 Å². The summed E-state index contributed by atoms with van der Waals surface area (Å²) in [6.07, 6.45) is 5.91. The Labute approximate surface area is 176 Å². The molecule has 0 aliphatic heterocycles. The van der Waals surface area contributed by atoms with Gasteiger partial charge in [0.2, 0.25) is 5.91 Å². The van der Waals surface area contributed by atoms with Crippen molar-refractivity contribution < 1.29 is 13.6 Å². The lowest BCUT2D eigenvalue weighted by molar-refractivity contribution is -0.122. The number of carbonyl (C=O) groups excluding carboxylic acids is 1. The maximum absolute atomic E-state index is 13.2. The van der Waals surface area contributed by atoms with Crippen LogP contribution in [-0.2, 0) is 24.3 Å². The quantitative estimate of drug-likeness (QED) is 0.497. The number of halogens is 2. The molecule has 0 aliphatic carbocycles. The van der Waals surface area contributed by atoms with E-state index in [1.54, 1.807) is 29.2 Å². The van der Waals surface area contributed by atoms with Crippen LogP contribution < -0.4 is 5.32 Å². The molecule has 4 aromatic rings. The van der Waals surface area contributed by atoms with Crippen LogP contribution in [0.25, 0.3) is 11.3 Å². The first-order valence-electron chi connectivity index (χ1n) is 9.51. The first-order chi connectivity index (χ1) is 15.1. The van der Waals surface area contributed by atoms with Gasteiger partial charge in [-0.1, -0.05) is 12.1 Å². The van der Waals surface area contributed by atoms with Gasteiger partial charge in [-0.2, -0.15) is 5.10 Å². The number of carbonyl (C=O) groups is 1. The highest BCUT2D eigenvalue weighted by molar-refractivity contribution is 5.75. The molecule has 1 aromatic carbocycles. The van der Waals surface area contributed by atoms with Crippen LogP contribution >= 0.6 is 0 Å². The van der Waals surface area contributed by atoms with Crippen molar-refractivity contribution in [2.24, 2.45) is 0 Å². The van der Waals surface area contributed by atoms with Crippen LogP contribution in [0.4, 0.5) is 8.78 Å². The van der Waals surface area contributed by atoms with Crippen LogP contribution in [0, 0.1) is 11.6 Å². The van der Waals surface area contributed by atoms with Crippen LogP contribution in [0.15, 0.2) is 67.3 Å². The Morgan fingerprint density at radius 2 is 1.68 bits per heavy atom. The van der Waals surface area contributed by atoms with Crippen molar-refractivity contribution in [1.29, 1.82) is 0 Å². The molecule has 0 saturated heterocycles. The molecule has 0 saturated carbocycles. The Balaban J connectivity index is 1.52. The average molecular weight is 420 g/mol. The molecule has 3 aromatic heterocycles. The predicted octanol–water partition coefficient (Wildman–Crippen LogP) is 2.92. The summed E-state index contributed by atoms with van der Waals surface area (Å²) in [6.45, 7) is 0.0493. The summed E-state index contributed by atoms with van der Waals surface area (Å²) in [4.78, 5) is 24.1. The van der Waals surface area contributed by atoms with E-state index in [1.165, 1.54) is 12.1 Å². The topological polar surface area (TPSA) is 85.6 Å². The molecule has 0 radical (unpaired) electrons. The molecule has 0 fully saturated rings. The molecule has 4 rings (SSSR count). The number of benzene rings is 1. The van der Waals surface area contributed by atoms with Gasteiger partial charge in [0.25, 0.3) is 0 Å². The lowest BCUT2D eigenvalue weighted by Gasteiger charge is -2.08. The van der Waals surface area contributed by atoms with Gasteiger partial charge in [0.05, 0.1) is 24.6 Å². The minimum atomic E-state index is -0.541. The third kappa shape index (κ3) is 5.33. The summed E-state index contributed by atoms with van der Waals surface area (Å²) in [5.41, 5.74) is 3.26. The van der Waals surface area contributed by atoms with Crippen molar-refractivity contribution in [2.75, 3.05) is 0 Å². The fourth-order valence-electron chi connectivity index (χ4n) is 3.01.